The average molecular weight is 356 g/mol. The molecule has 1 aliphatic rings. The van der Waals surface area contributed by atoms with Crippen molar-refractivity contribution in [3.8, 4) is 23.0 Å². The first-order valence-corrected chi connectivity index (χ1v) is 8.98. The van der Waals surface area contributed by atoms with Gasteiger partial charge in [0.05, 0.1) is 13.2 Å². The van der Waals surface area contributed by atoms with Crippen LogP contribution in [0.3, 0.4) is 0 Å². The predicted octanol–water partition coefficient (Wildman–Crippen LogP) is 4.48. The van der Waals surface area contributed by atoms with Crippen LogP contribution in [0.15, 0.2) is 36.4 Å². The van der Waals surface area contributed by atoms with E-state index in [0.29, 0.717) is 19.0 Å². The zero-order chi connectivity index (χ0) is 18.5. The topological polar surface area (TPSA) is 54.0 Å². The highest BCUT2D eigenvalue weighted by atomic mass is 16.5. The van der Waals surface area contributed by atoms with E-state index in [1.165, 1.54) is 6.92 Å². The molecule has 0 amide bonds. The molecule has 0 aliphatic carbocycles. The third kappa shape index (κ3) is 4.10. The lowest BCUT2D eigenvalue weighted by Gasteiger charge is -2.28. The van der Waals surface area contributed by atoms with Gasteiger partial charge >= 0.3 is 5.97 Å². The lowest BCUT2D eigenvalue weighted by molar-refractivity contribution is -0.131. The van der Waals surface area contributed by atoms with Crippen molar-refractivity contribution in [1.82, 2.24) is 0 Å². The third-order valence-corrected chi connectivity index (χ3v) is 4.19. The van der Waals surface area contributed by atoms with Gasteiger partial charge in [0, 0.05) is 24.6 Å². The first-order valence-electron chi connectivity index (χ1n) is 8.98. The van der Waals surface area contributed by atoms with Crippen molar-refractivity contribution in [3.05, 3.63) is 47.5 Å². The first-order chi connectivity index (χ1) is 12.6. The van der Waals surface area contributed by atoms with Crippen LogP contribution in [-0.4, -0.2) is 19.2 Å². The second-order valence-electron chi connectivity index (χ2n) is 6.07. The number of fused-ring (bicyclic) bond motifs is 1. The maximum absolute atomic E-state index is 11.2. The number of aryl methyl sites for hydroxylation is 1. The summed E-state index contributed by atoms with van der Waals surface area (Å²) >= 11 is 0. The van der Waals surface area contributed by atoms with Crippen molar-refractivity contribution in [1.29, 1.82) is 0 Å². The molecule has 0 saturated heterocycles. The molecule has 1 atom stereocenters. The lowest BCUT2D eigenvalue weighted by atomic mass is 9.96. The van der Waals surface area contributed by atoms with Gasteiger partial charge in [-0.15, -0.1) is 0 Å². The van der Waals surface area contributed by atoms with Crippen molar-refractivity contribution < 1.29 is 23.7 Å². The zero-order valence-electron chi connectivity index (χ0n) is 15.4. The van der Waals surface area contributed by atoms with E-state index in [1.54, 1.807) is 12.1 Å². The molecule has 5 heteroatoms. The molecule has 0 saturated carbocycles. The number of rotatable bonds is 6. The van der Waals surface area contributed by atoms with Crippen molar-refractivity contribution in [3.63, 3.8) is 0 Å². The summed E-state index contributed by atoms with van der Waals surface area (Å²) in [4.78, 5) is 11.2. The molecule has 0 N–H and O–H groups in total. The van der Waals surface area contributed by atoms with Crippen LogP contribution in [0.1, 0.15) is 44.4 Å². The van der Waals surface area contributed by atoms with E-state index in [1.807, 2.05) is 38.1 Å². The van der Waals surface area contributed by atoms with E-state index in [-0.39, 0.29) is 12.1 Å². The van der Waals surface area contributed by atoms with Crippen LogP contribution in [0.4, 0.5) is 0 Å². The maximum atomic E-state index is 11.2. The standard InChI is InChI=1S/C21H24O5/c1-4-23-16-9-10-18(21(12-16)24-5-2)19-11-7-15-6-8-17(25-14(3)22)13-20(15)26-19/h6,8-10,12-13,19H,4-5,7,11H2,1-3H3. The van der Waals surface area contributed by atoms with Crippen molar-refractivity contribution in [2.24, 2.45) is 0 Å². The highest BCUT2D eigenvalue weighted by Crippen LogP contribution is 2.40. The van der Waals surface area contributed by atoms with E-state index < -0.39 is 0 Å². The number of carbonyl (C=O) groups is 1. The van der Waals surface area contributed by atoms with Crippen molar-refractivity contribution in [2.75, 3.05) is 13.2 Å². The van der Waals surface area contributed by atoms with Crippen LogP contribution in [0, 0.1) is 0 Å². The fraction of sp³-hybridized carbons (Fsp3) is 0.381. The van der Waals surface area contributed by atoms with Crippen LogP contribution < -0.4 is 18.9 Å². The Labute approximate surface area is 153 Å². The molecule has 138 valence electrons. The molecule has 0 fully saturated rings. The molecule has 0 spiro atoms. The van der Waals surface area contributed by atoms with Gasteiger partial charge in [-0.1, -0.05) is 6.07 Å². The predicted molar refractivity (Wildman–Crippen MR) is 98.2 cm³/mol. The average Bonchev–Trinajstić information content (AvgIpc) is 2.61. The van der Waals surface area contributed by atoms with Gasteiger partial charge in [-0.2, -0.15) is 0 Å². The molecule has 0 bridgehead atoms. The minimum atomic E-state index is -0.345. The SMILES string of the molecule is CCOc1ccc(C2CCc3ccc(OC(C)=O)cc3O2)c(OCC)c1. The van der Waals surface area contributed by atoms with E-state index in [4.69, 9.17) is 18.9 Å². The summed E-state index contributed by atoms with van der Waals surface area (Å²) in [5.74, 6) is 2.46. The van der Waals surface area contributed by atoms with E-state index in [9.17, 15) is 4.79 Å². The van der Waals surface area contributed by atoms with Gasteiger partial charge in [0.15, 0.2) is 0 Å². The van der Waals surface area contributed by atoms with Crippen LogP contribution in [0.5, 0.6) is 23.0 Å². The number of esters is 1. The Morgan fingerprint density at radius 1 is 1.08 bits per heavy atom. The van der Waals surface area contributed by atoms with Gasteiger partial charge in [-0.05, 0) is 50.5 Å². The summed E-state index contributed by atoms with van der Waals surface area (Å²) in [5, 5.41) is 0. The summed E-state index contributed by atoms with van der Waals surface area (Å²) in [6, 6.07) is 11.4. The molecule has 1 heterocycles. The molecule has 2 aromatic rings. The number of hydrogen-bond acceptors (Lipinski definition) is 5. The Balaban J connectivity index is 1.86. The summed E-state index contributed by atoms with van der Waals surface area (Å²) in [5.41, 5.74) is 2.11. The highest BCUT2D eigenvalue weighted by molar-refractivity contribution is 5.69. The monoisotopic (exact) mass is 356 g/mol. The number of hydrogen-bond donors (Lipinski definition) is 0. The summed E-state index contributed by atoms with van der Waals surface area (Å²) < 4.78 is 22.8. The van der Waals surface area contributed by atoms with E-state index in [0.717, 1.165) is 41.2 Å². The van der Waals surface area contributed by atoms with Crippen LogP contribution in [0.2, 0.25) is 0 Å². The largest absolute Gasteiger partial charge is 0.494 e. The van der Waals surface area contributed by atoms with Crippen LogP contribution in [-0.2, 0) is 11.2 Å². The minimum Gasteiger partial charge on any atom is -0.494 e. The van der Waals surface area contributed by atoms with Crippen LogP contribution >= 0.6 is 0 Å². The minimum absolute atomic E-state index is 0.118. The second-order valence-corrected chi connectivity index (χ2v) is 6.07. The summed E-state index contributed by atoms with van der Waals surface area (Å²) in [6.45, 7) is 6.48. The molecule has 2 aromatic carbocycles. The first kappa shape index (κ1) is 18.1. The maximum Gasteiger partial charge on any atom is 0.308 e. The molecule has 1 unspecified atom stereocenters. The van der Waals surface area contributed by atoms with Gasteiger partial charge in [0.25, 0.3) is 0 Å². The molecule has 5 nitrogen and oxygen atoms in total. The molecule has 1 aliphatic heterocycles. The molecule has 0 aromatic heterocycles. The Bertz CT molecular complexity index is 784. The zero-order valence-corrected chi connectivity index (χ0v) is 15.4. The second kappa shape index (κ2) is 8.13. The van der Waals surface area contributed by atoms with Gasteiger partial charge in [-0.3, -0.25) is 4.79 Å². The molecule has 26 heavy (non-hydrogen) atoms. The molecule has 0 radical (unpaired) electrons. The highest BCUT2D eigenvalue weighted by Gasteiger charge is 2.25. The van der Waals surface area contributed by atoms with Gasteiger partial charge in [0.1, 0.15) is 29.1 Å². The van der Waals surface area contributed by atoms with Gasteiger partial charge in [-0.25, -0.2) is 0 Å². The smallest absolute Gasteiger partial charge is 0.308 e. The van der Waals surface area contributed by atoms with Crippen LogP contribution in [0.25, 0.3) is 0 Å². The van der Waals surface area contributed by atoms with E-state index >= 15 is 0 Å². The molecular weight excluding hydrogens is 332 g/mol. The fourth-order valence-corrected chi connectivity index (χ4v) is 3.12. The third-order valence-electron chi connectivity index (χ3n) is 4.19. The summed E-state index contributed by atoms with van der Waals surface area (Å²) in [6.07, 6.45) is 1.62. The fourth-order valence-electron chi connectivity index (χ4n) is 3.12. The number of ether oxygens (including phenoxy) is 4. The summed E-state index contributed by atoms with van der Waals surface area (Å²) in [7, 11) is 0. The quantitative estimate of drug-likeness (QED) is 0.564. The van der Waals surface area contributed by atoms with Crippen molar-refractivity contribution in [2.45, 2.75) is 39.7 Å². The number of benzene rings is 2. The van der Waals surface area contributed by atoms with Gasteiger partial charge < -0.3 is 18.9 Å². The Kier molecular flexibility index (Phi) is 5.66. The number of carbonyl (C=O) groups excluding carboxylic acids is 1. The normalized spacial score (nSPS) is 15.6. The Morgan fingerprint density at radius 3 is 2.58 bits per heavy atom. The Hall–Kier alpha value is -2.69. The van der Waals surface area contributed by atoms with E-state index in [2.05, 4.69) is 0 Å². The van der Waals surface area contributed by atoms with Crippen molar-refractivity contribution >= 4 is 5.97 Å². The lowest BCUT2D eigenvalue weighted by Crippen LogP contribution is -2.16. The van der Waals surface area contributed by atoms with Gasteiger partial charge in [0.2, 0.25) is 0 Å². The molecular formula is C21H24O5. The molecule has 3 rings (SSSR count). The Morgan fingerprint density at radius 2 is 1.85 bits per heavy atom.